The second kappa shape index (κ2) is 9.80. The van der Waals surface area contributed by atoms with E-state index in [1.807, 2.05) is 0 Å². The van der Waals surface area contributed by atoms with Crippen LogP contribution in [0.1, 0.15) is 46.1 Å². The van der Waals surface area contributed by atoms with Gasteiger partial charge in [-0.15, -0.1) is 0 Å². The summed E-state index contributed by atoms with van der Waals surface area (Å²) in [4.78, 5) is 2.37. The molecule has 0 unspecified atom stereocenters. The number of aliphatic hydroxyl groups is 1. The SMILES string of the molecule is CCC(CC)N(CCO)c1ccccc1CNCC(C)C. The molecule has 3 nitrogen and oxygen atoms in total. The number of benzene rings is 1. The lowest BCUT2D eigenvalue weighted by Gasteiger charge is -2.34. The standard InChI is InChI=1S/C18H32N2O/c1-5-17(6-2)20(11-12-21)18-10-8-7-9-16(18)14-19-13-15(3)4/h7-10,15,17,19,21H,5-6,11-14H2,1-4H3. The number of para-hydroxylation sites is 1. The molecular formula is C18H32N2O. The maximum Gasteiger partial charge on any atom is 0.0606 e. The van der Waals surface area contributed by atoms with Gasteiger partial charge >= 0.3 is 0 Å². The number of rotatable bonds is 10. The van der Waals surface area contributed by atoms with Gasteiger partial charge in [-0.1, -0.05) is 45.9 Å². The van der Waals surface area contributed by atoms with Crippen LogP contribution in [-0.2, 0) is 6.54 Å². The van der Waals surface area contributed by atoms with Crippen LogP contribution in [0.4, 0.5) is 5.69 Å². The predicted molar refractivity (Wildman–Crippen MR) is 91.8 cm³/mol. The van der Waals surface area contributed by atoms with Crippen molar-refractivity contribution in [3.05, 3.63) is 29.8 Å². The summed E-state index contributed by atoms with van der Waals surface area (Å²) in [5.41, 5.74) is 2.58. The topological polar surface area (TPSA) is 35.5 Å². The maximum atomic E-state index is 9.42. The van der Waals surface area contributed by atoms with Gasteiger partial charge < -0.3 is 15.3 Å². The van der Waals surface area contributed by atoms with Crippen LogP contribution in [0.25, 0.3) is 0 Å². The molecule has 0 spiro atoms. The van der Waals surface area contributed by atoms with Crippen LogP contribution < -0.4 is 10.2 Å². The van der Waals surface area contributed by atoms with Crippen molar-refractivity contribution in [2.24, 2.45) is 5.92 Å². The molecule has 1 aromatic carbocycles. The molecule has 0 saturated carbocycles. The first-order valence-corrected chi connectivity index (χ1v) is 8.30. The van der Waals surface area contributed by atoms with Crippen LogP contribution in [0.15, 0.2) is 24.3 Å². The summed E-state index contributed by atoms with van der Waals surface area (Å²) in [6.45, 7) is 11.7. The molecule has 0 saturated heterocycles. The molecular weight excluding hydrogens is 260 g/mol. The Morgan fingerprint density at radius 2 is 1.81 bits per heavy atom. The lowest BCUT2D eigenvalue weighted by molar-refractivity contribution is 0.296. The minimum absolute atomic E-state index is 0.199. The first kappa shape index (κ1) is 18.0. The highest BCUT2D eigenvalue weighted by atomic mass is 16.3. The van der Waals surface area contributed by atoms with Crippen LogP contribution >= 0.6 is 0 Å². The minimum atomic E-state index is 0.199. The van der Waals surface area contributed by atoms with Crippen LogP contribution in [0.3, 0.4) is 0 Å². The largest absolute Gasteiger partial charge is 0.395 e. The van der Waals surface area contributed by atoms with E-state index in [0.717, 1.165) is 25.9 Å². The van der Waals surface area contributed by atoms with Gasteiger partial charge in [0.1, 0.15) is 0 Å². The first-order valence-electron chi connectivity index (χ1n) is 8.30. The van der Waals surface area contributed by atoms with Gasteiger partial charge in [-0.25, -0.2) is 0 Å². The third-order valence-electron chi connectivity index (χ3n) is 3.89. The highest BCUT2D eigenvalue weighted by Crippen LogP contribution is 2.24. The quantitative estimate of drug-likeness (QED) is 0.693. The van der Waals surface area contributed by atoms with Gasteiger partial charge in [0.2, 0.25) is 0 Å². The first-order chi connectivity index (χ1) is 10.1. The molecule has 0 bridgehead atoms. The van der Waals surface area contributed by atoms with Crippen molar-refractivity contribution in [2.45, 2.75) is 53.1 Å². The van der Waals surface area contributed by atoms with Crippen molar-refractivity contribution in [1.82, 2.24) is 5.32 Å². The Morgan fingerprint density at radius 1 is 1.14 bits per heavy atom. The number of nitrogens with one attached hydrogen (secondary N) is 1. The second-order valence-electron chi connectivity index (χ2n) is 6.04. The molecule has 3 heteroatoms. The average Bonchev–Trinajstić information content (AvgIpc) is 2.48. The van der Waals surface area contributed by atoms with E-state index in [2.05, 4.69) is 62.2 Å². The van der Waals surface area contributed by atoms with E-state index in [1.165, 1.54) is 11.3 Å². The Hall–Kier alpha value is -1.06. The number of hydrogen-bond acceptors (Lipinski definition) is 3. The van der Waals surface area contributed by atoms with Crippen LogP contribution in [-0.4, -0.2) is 30.8 Å². The van der Waals surface area contributed by atoms with E-state index in [1.54, 1.807) is 0 Å². The fraction of sp³-hybridized carbons (Fsp3) is 0.667. The molecule has 21 heavy (non-hydrogen) atoms. The van der Waals surface area contributed by atoms with Crippen molar-refractivity contribution in [3.63, 3.8) is 0 Å². The van der Waals surface area contributed by atoms with Crippen molar-refractivity contribution in [1.29, 1.82) is 0 Å². The molecule has 0 heterocycles. The van der Waals surface area contributed by atoms with Gasteiger partial charge in [0.15, 0.2) is 0 Å². The summed E-state index contributed by atoms with van der Waals surface area (Å²) in [6.07, 6.45) is 2.20. The van der Waals surface area contributed by atoms with Crippen LogP contribution in [0.5, 0.6) is 0 Å². The third-order valence-corrected chi connectivity index (χ3v) is 3.89. The third kappa shape index (κ3) is 5.68. The summed E-state index contributed by atoms with van der Waals surface area (Å²) in [6, 6.07) is 9.05. The Kier molecular flexibility index (Phi) is 8.40. The van der Waals surface area contributed by atoms with E-state index in [4.69, 9.17) is 0 Å². The molecule has 0 atom stereocenters. The van der Waals surface area contributed by atoms with Crippen LogP contribution in [0, 0.1) is 5.92 Å². The summed E-state index contributed by atoms with van der Waals surface area (Å²) in [5, 5.41) is 12.9. The normalized spacial score (nSPS) is 11.4. The van der Waals surface area contributed by atoms with Gasteiger partial charge in [-0.2, -0.15) is 0 Å². The van der Waals surface area contributed by atoms with E-state index < -0.39 is 0 Å². The molecule has 0 fully saturated rings. The summed E-state index contributed by atoms with van der Waals surface area (Å²) < 4.78 is 0. The molecule has 120 valence electrons. The molecule has 1 rings (SSSR count). The number of aliphatic hydroxyl groups excluding tert-OH is 1. The zero-order valence-corrected chi connectivity index (χ0v) is 14.1. The molecule has 1 aromatic rings. The van der Waals surface area contributed by atoms with E-state index in [9.17, 15) is 5.11 Å². The molecule has 0 aromatic heterocycles. The Bertz CT molecular complexity index is 389. The van der Waals surface area contributed by atoms with Crippen molar-refractivity contribution in [2.75, 3.05) is 24.6 Å². The zero-order valence-electron chi connectivity index (χ0n) is 14.1. The summed E-state index contributed by atoms with van der Waals surface area (Å²) in [7, 11) is 0. The highest BCUT2D eigenvalue weighted by molar-refractivity contribution is 5.54. The van der Waals surface area contributed by atoms with Crippen molar-refractivity contribution < 1.29 is 5.11 Å². The Morgan fingerprint density at radius 3 is 2.38 bits per heavy atom. The summed E-state index contributed by atoms with van der Waals surface area (Å²) >= 11 is 0. The maximum absolute atomic E-state index is 9.42. The average molecular weight is 292 g/mol. The van der Waals surface area contributed by atoms with Crippen molar-refractivity contribution in [3.8, 4) is 0 Å². The fourth-order valence-electron chi connectivity index (χ4n) is 2.77. The molecule has 0 amide bonds. The molecule has 0 aliphatic carbocycles. The molecule has 0 aliphatic rings. The fourth-order valence-corrected chi connectivity index (χ4v) is 2.77. The van der Waals surface area contributed by atoms with Gasteiger partial charge in [-0.05, 0) is 36.9 Å². The zero-order chi connectivity index (χ0) is 15.7. The highest BCUT2D eigenvalue weighted by Gasteiger charge is 2.17. The molecule has 2 N–H and O–H groups in total. The second-order valence-corrected chi connectivity index (χ2v) is 6.04. The van der Waals surface area contributed by atoms with Crippen molar-refractivity contribution >= 4 is 5.69 Å². The number of hydrogen-bond donors (Lipinski definition) is 2. The molecule has 0 radical (unpaired) electrons. The monoisotopic (exact) mass is 292 g/mol. The van der Waals surface area contributed by atoms with E-state index in [0.29, 0.717) is 18.5 Å². The van der Waals surface area contributed by atoms with Gasteiger partial charge in [0.25, 0.3) is 0 Å². The lowest BCUT2D eigenvalue weighted by atomic mass is 10.1. The Labute approximate surface area is 130 Å². The van der Waals surface area contributed by atoms with Gasteiger partial charge in [-0.3, -0.25) is 0 Å². The number of anilines is 1. The van der Waals surface area contributed by atoms with Gasteiger partial charge in [0, 0.05) is 24.8 Å². The van der Waals surface area contributed by atoms with E-state index >= 15 is 0 Å². The summed E-state index contributed by atoms with van der Waals surface area (Å²) in [5.74, 6) is 0.657. The van der Waals surface area contributed by atoms with E-state index in [-0.39, 0.29) is 6.61 Å². The van der Waals surface area contributed by atoms with Gasteiger partial charge in [0.05, 0.1) is 6.61 Å². The lowest BCUT2D eigenvalue weighted by Crippen LogP contribution is -2.37. The van der Waals surface area contributed by atoms with Crippen LogP contribution in [0.2, 0.25) is 0 Å². The Balaban J connectivity index is 2.91. The molecule has 0 aliphatic heterocycles. The minimum Gasteiger partial charge on any atom is -0.395 e. The smallest absolute Gasteiger partial charge is 0.0606 e. The number of nitrogens with zero attached hydrogens (tertiary/aromatic N) is 1. The predicted octanol–water partition coefficient (Wildman–Crippen LogP) is 3.42.